The van der Waals surface area contributed by atoms with Crippen LogP contribution < -0.4 is 5.73 Å². The zero-order chi connectivity index (χ0) is 16.6. The third-order valence-electron chi connectivity index (χ3n) is 2.93. The van der Waals surface area contributed by atoms with E-state index in [-0.39, 0.29) is 5.91 Å². The van der Waals surface area contributed by atoms with Crippen molar-refractivity contribution in [2.75, 3.05) is 14.2 Å². The van der Waals surface area contributed by atoms with Crippen LogP contribution >= 0.6 is 0 Å². The molecule has 0 fully saturated rings. The second kappa shape index (κ2) is 15.7. The van der Waals surface area contributed by atoms with Gasteiger partial charge in [-0.25, -0.2) is 0 Å². The van der Waals surface area contributed by atoms with Crippen molar-refractivity contribution in [3.05, 3.63) is 0 Å². The van der Waals surface area contributed by atoms with Gasteiger partial charge in [-0.1, -0.05) is 58.3 Å². The molecule has 0 saturated heterocycles. The maximum absolute atomic E-state index is 10.4. The van der Waals surface area contributed by atoms with E-state index >= 15 is 0 Å². The van der Waals surface area contributed by atoms with Crippen molar-refractivity contribution in [2.24, 2.45) is 5.73 Å². The highest BCUT2D eigenvalue weighted by atomic mass is 32.3. The van der Waals surface area contributed by atoms with Crippen LogP contribution in [0.15, 0.2) is 0 Å². The highest BCUT2D eigenvalue weighted by Crippen LogP contribution is 2.10. The summed E-state index contributed by atoms with van der Waals surface area (Å²) in [7, 11) is -1.60. The number of carbonyl (C=O) groups excluding carboxylic acids is 1. The zero-order valence-corrected chi connectivity index (χ0v) is 14.4. The summed E-state index contributed by atoms with van der Waals surface area (Å²) in [5, 5.41) is 0. The Labute approximate surface area is 129 Å². The van der Waals surface area contributed by atoms with Gasteiger partial charge in [0.05, 0.1) is 14.2 Å². The summed E-state index contributed by atoms with van der Waals surface area (Å²) in [5.74, 6) is -0.159. The summed E-state index contributed by atoms with van der Waals surface area (Å²) in [6.45, 7) is 2.24. The fraction of sp³-hybridized carbons (Fsp3) is 0.929. The molecule has 6 nitrogen and oxygen atoms in total. The van der Waals surface area contributed by atoms with E-state index in [1.165, 1.54) is 44.9 Å². The van der Waals surface area contributed by atoms with Crippen molar-refractivity contribution < 1.29 is 21.6 Å². The minimum atomic E-state index is -3.66. The number of primary amides is 1. The highest BCUT2D eigenvalue weighted by molar-refractivity contribution is 7.81. The van der Waals surface area contributed by atoms with Gasteiger partial charge in [0.25, 0.3) is 0 Å². The molecule has 0 heterocycles. The quantitative estimate of drug-likeness (QED) is 0.557. The molecule has 0 bridgehead atoms. The third kappa shape index (κ3) is 21.8. The van der Waals surface area contributed by atoms with Gasteiger partial charge in [-0.2, -0.15) is 8.42 Å². The van der Waals surface area contributed by atoms with Gasteiger partial charge < -0.3 is 5.73 Å². The van der Waals surface area contributed by atoms with Crippen molar-refractivity contribution in [1.82, 2.24) is 0 Å². The molecule has 1 amide bonds. The van der Waals surface area contributed by atoms with Crippen LogP contribution in [0.5, 0.6) is 0 Å². The molecular formula is C14H31NO5S. The summed E-state index contributed by atoms with van der Waals surface area (Å²) < 4.78 is 27.5. The Balaban J connectivity index is 0. The monoisotopic (exact) mass is 325 g/mol. The van der Waals surface area contributed by atoms with Gasteiger partial charge in [-0.3, -0.25) is 13.2 Å². The fourth-order valence-electron chi connectivity index (χ4n) is 1.68. The molecule has 0 atom stereocenters. The average Bonchev–Trinajstić information content (AvgIpc) is 2.46. The molecule has 21 heavy (non-hydrogen) atoms. The van der Waals surface area contributed by atoms with E-state index < -0.39 is 10.4 Å². The predicted octanol–water partition coefficient (Wildman–Crippen LogP) is 2.92. The second-order valence-corrected chi connectivity index (χ2v) is 6.27. The smallest absolute Gasteiger partial charge is 0.370 e. The summed E-state index contributed by atoms with van der Waals surface area (Å²) in [5.41, 5.74) is 5.05. The molecule has 0 rings (SSSR count). The molecule has 0 unspecified atom stereocenters. The number of carbonyl (C=O) groups is 1. The summed E-state index contributed by atoms with van der Waals surface area (Å²) in [6, 6.07) is 0. The van der Waals surface area contributed by atoms with Crippen LogP contribution in [0.4, 0.5) is 0 Å². The molecule has 0 aromatic carbocycles. The second-order valence-electron chi connectivity index (χ2n) is 4.79. The van der Waals surface area contributed by atoms with E-state index in [1.807, 2.05) is 0 Å². The summed E-state index contributed by atoms with van der Waals surface area (Å²) in [6.07, 6.45) is 12.1. The van der Waals surface area contributed by atoms with Crippen LogP contribution in [0, 0.1) is 0 Å². The Kier molecular flexibility index (Phi) is 16.9. The van der Waals surface area contributed by atoms with E-state index in [9.17, 15) is 13.2 Å². The van der Waals surface area contributed by atoms with Gasteiger partial charge in [0.15, 0.2) is 0 Å². The number of rotatable bonds is 12. The number of amides is 1. The molecule has 128 valence electrons. The van der Waals surface area contributed by atoms with E-state index in [1.54, 1.807) is 0 Å². The van der Waals surface area contributed by atoms with Crippen molar-refractivity contribution in [3.8, 4) is 0 Å². The Morgan fingerprint density at radius 2 is 1.24 bits per heavy atom. The highest BCUT2D eigenvalue weighted by Gasteiger charge is 2.01. The van der Waals surface area contributed by atoms with Crippen molar-refractivity contribution in [3.63, 3.8) is 0 Å². The van der Waals surface area contributed by atoms with E-state index in [0.29, 0.717) is 6.42 Å². The standard InChI is InChI=1S/C12H25NO.C2H6O4S/c1-2-3-4-5-6-7-8-9-10-11-12(13)14;1-5-7(3,4)6-2/h2-11H2,1H3,(H2,13,14);1-2H3. The van der Waals surface area contributed by atoms with Gasteiger partial charge in [0.1, 0.15) is 0 Å². The number of hydrogen-bond donors (Lipinski definition) is 1. The molecule has 0 aliphatic heterocycles. The molecule has 0 saturated carbocycles. The molecule has 2 N–H and O–H groups in total. The van der Waals surface area contributed by atoms with Gasteiger partial charge >= 0.3 is 10.4 Å². The number of unbranched alkanes of at least 4 members (excludes halogenated alkanes) is 8. The molecule has 0 aromatic rings. The maximum Gasteiger partial charge on any atom is 0.399 e. The van der Waals surface area contributed by atoms with Crippen LogP contribution in [0.1, 0.15) is 71.1 Å². The minimum Gasteiger partial charge on any atom is -0.370 e. The number of hydrogen-bond acceptors (Lipinski definition) is 5. The SMILES string of the molecule is CCCCCCCCCCCC(N)=O.COS(=O)(=O)OC. The van der Waals surface area contributed by atoms with Gasteiger partial charge in [0.2, 0.25) is 5.91 Å². The average molecular weight is 325 g/mol. The molecule has 0 spiro atoms. The topological polar surface area (TPSA) is 95.7 Å². The first-order valence-corrected chi connectivity index (χ1v) is 8.87. The molecule has 0 aliphatic rings. The third-order valence-corrected chi connectivity index (χ3v) is 3.75. The summed E-state index contributed by atoms with van der Waals surface area (Å²) in [4.78, 5) is 10.4. The Hall–Kier alpha value is -0.660. The Morgan fingerprint density at radius 1 is 0.857 bits per heavy atom. The molecule has 0 aromatic heterocycles. The lowest BCUT2D eigenvalue weighted by Gasteiger charge is -2.00. The first kappa shape index (κ1) is 22.6. The first-order chi connectivity index (χ1) is 9.89. The molecule has 7 heteroatoms. The van der Waals surface area contributed by atoms with Crippen LogP contribution in [-0.2, 0) is 23.6 Å². The summed E-state index contributed by atoms with van der Waals surface area (Å²) >= 11 is 0. The zero-order valence-electron chi connectivity index (χ0n) is 13.6. The molecule has 0 aliphatic carbocycles. The maximum atomic E-state index is 10.4. The normalized spacial score (nSPS) is 10.8. The van der Waals surface area contributed by atoms with E-state index in [4.69, 9.17) is 5.73 Å². The Morgan fingerprint density at radius 3 is 1.52 bits per heavy atom. The first-order valence-electron chi connectivity index (χ1n) is 7.54. The van der Waals surface area contributed by atoms with Crippen LogP contribution in [0.25, 0.3) is 0 Å². The van der Waals surface area contributed by atoms with Gasteiger partial charge in [-0.05, 0) is 6.42 Å². The van der Waals surface area contributed by atoms with E-state index in [0.717, 1.165) is 27.1 Å². The van der Waals surface area contributed by atoms with Gasteiger partial charge in [0, 0.05) is 6.42 Å². The molecule has 0 radical (unpaired) electrons. The van der Waals surface area contributed by atoms with Gasteiger partial charge in [-0.15, -0.1) is 0 Å². The fourth-order valence-corrected chi connectivity index (χ4v) is 1.81. The van der Waals surface area contributed by atoms with Crippen LogP contribution in [0.3, 0.4) is 0 Å². The Bertz CT molecular complexity index is 320. The minimum absolute atomic E-state index is 0.159. The van der Waals surface area contributed by atoms with Crippen LogP contribution in [0.2, 0.25) is 0 Å². The van der Waals surface area contributed by atoms with Crippen molar-refractivity contribution in [2.45, 2.75) is 71.1 Å². The van der Waals surface area contributed by atoms with E-state index in [2.05, 4.69) is 15.3 Å². The van der Waals surface area contributed by atoms with Crippen LogP contribution in [-0.4, -0.2) is 28.5 Å². The lowest BCUT2D eigenvalue weighted by Crippen LogP contribution is -2.09. The predicted molar refractivity (Wildman–Crippen MR) is 84.0 cm³/mol. The largest absolute Gasteiger partial charge is 0.399 e. The lowest BCUT2D eigenvalue weighted by atomic mass is 10.1. The molecular weight excluding hydrogens is 294 g/mol. The van der Waals surface area contributed by atoms with Crippen molar-refractivity contribution in [1.29, 1.82) is 0 Å². The number of nitrogens with two attached hydrogens (primary N) is 1. The van der Waals surface area contributed by atoms with Crippen molar-refractivity contribution >= 4 is 16.3 Å². The lowest BCUT2D eigenvalue weighted by molar-refractivity contribution is -0.118.